The number of fused-ring (bicyclic) bond motifs is 1. The fourth-order valence-corrected chi connectivity index (χ4v) is 2.34. The Kier molecular flexibility index (Phi) is 4.69. The van der Waals surface area contributed by atoms with Crippen LogP contribution in [0.25, 0.3) is 5.78 Å². The van der Waals surface area contributed by atoms with Crippen molar-refractivity contribution >= 4 is 27.7 Å². The average Bonchev–Trinajstić information content (AvgIpc) is 2.75. The molecule has 0 aliphatic rings. The number of rotatable bonds is 4. The highest BCUT2D eigenvalue weighted by molar-refractivity contribution is 9.10. The highest BCUT2D eigenvalue weighted by Gasteiger charge is 2.18. The van der Waals surface area contributed by atoms with E-state index in [-0.39, 0.29) is 23.9 Å². The number of carbonyl (C=O) groups is 1. The Morgan fingerprint density at radius 3 is 2.77 bits per heavy atom. The maximum absolute atomic E-state index is 12.0. The summed E-state index contributed by atoms with van der Waals surface area (Å²) < 4.78 is 6.97. The second-order valence-corrected chi connectivity index (χ2v) is 6.95. The normalized spacial score (nSPS) is 13.3. The third-order valence-corrected chi connectivity index (χ3v) is 3.38. The maximum Gasteiger partial charge on any atom is 0.306 e. The molecule has 0 aromatic carbocycles. The molecule has 22 heavy (non-hydrogen) atoms. The number of nitrogens with zero attached hydrogens (tertiary/aromatic N) is 3. The van der Waals surface area contributed by atoms with Crippen molar-refractivity contribution in [3.63, 3.8) is 0 Å². The molecule has 0 saturated carbocycles. The molecule has 2 aromatic heterocycles. The van der Waals surface area contributed by atoms with Crippen LogP contribution < -0.4 is 5.56 Å². The Morgan fingerprint density at radius 2 is 2.14 bits per heavy atom. The molecule has 2 heterocycles. The second kappa shape index (κ2) is 6.20. The highest BCUT2D eigenvalue weighted by Crippen LogP contribution is 2.19. The van der Waals surface area contributed by atoms with Crippen LogP contribution in [0.5, 0.6) is 0 Å². The summed E-state index contributed by atoms with van der Waals surface area (Å²) in [7, 11) is 0. The van der Waals surface area contributed by atoms with Gasteiger partial charge in [-0.05, 0) is 49.0 Å². The van der Waals surface area contributed by atoms with Crippen molar-refractivity contribution in [1.29, 1.82) is 0 Å². The van der Waals surface area contributed by atoms with E-state index in [9.17, 15) is 9.59 Å². The van der Waals surface area contributed by atoms with E-state index < -0.39 is 5.60 Å². The van der Waals surface area contributed by atoms with E-state index in [2.05, 4.69) is 31.0 Å². The van der Waals surface area contributed by atoms with Gasteiger partial charge in [0.1, 0.15) is 5.60 Å². The van der Waals surface area contributed by atoms with Gasteiger partial charge in [-0.15, -0.1) is 0 Å². The first-order valence-corrected chi connectivity index (χ1v) is 7.82. The molecule has 0 aliphatic heterocycles. The summed E-state index contributed by atoms with van der Waals surface area (Å²) >= 11 is 3.17. The predicted molar refractivity (Wildman–Crippen MR) is 84.8 cm³/mol. The molecule has 7 nitrogen and oxygen atoms in total. The molecule has 0 fully saturated rings. The number of nitrogens with one attached hydrogen (secondary N) is 1. The lowest BCUT2D eigenvalue weighted by molar-refractivity contribution is -0.155. The van der Waals surface area contributed by atoms with E-state index >= 15 is 0 Å². The van der Waals surface area contributed by atoms with Gasteiger partial charge in [0.15, 0.2) is 4.73 Å². The molecular weight excluding hydrogens is 352 g/mol. The number of ether oxygens (including phenoxy) is 1. The fraction of sp³-hybridized carbons (Fsp3) is 0.571. The number of carbonyl (C=O) groups excluding carboxylic acids is 1. The maximum atomic E-state index is 12.0. The van der Waals surface area contributed by atoms with Crippen LogP contribution in [0.2, 0.25) is 0 Å². The monoisotopic (exact) mass is 370 g/mol. The van der Waals surface area contributed by atoms with Gasteiger partial charge in [-0.2, -0.15) is 9.50 Å². The lowest BCUT2D eigenvalue weighted by Crippen LogP contribution is -2.24. The summed E-state index contributed by atoms with van der Waals surface area (Å²) in [5, 5.41) is 2.74. The third kappa shape index (κ3) is 4.16. The van der Waals surface area contributed by atoms with Crippen molar-refractivity contribution in [3.05, 3.63) is 26.8 Å². The van der Waals surface area contributed by atoms with Gasteiger partial charge >= 0.3 is 5.97 Å². The molecule has 0 amide bonds. The van der Waals surface area contributed by atoms with E-state index in [1.54, 1.807) is 0 Å². The largest absolute Gasteiger partial charge is 0.460 e. The minimum atomic E-state index is -0.488. The Labute approximate surface area is 136 Å². The molecule has 8 heteroatoms. The van der Waals surface area contributed by atoms with Gasteiger partial charge in [-0.25, -0.2) is 4.98 Å². The van der Waals surface area contributed by atoms with Gasteiger partial charge in [-0.3, -0.25) is 14.7 Å². The van der Waals surface area contributed by atoms with Crippen LogP contribution in [-0.4, -0.2) is 31.2 Å². The van der Waals surface area contributed by atoms with E-state index in [4.69, 9.17) is 4.74 Å². The first-order valence-electron chi connectivity index (χ1n) is 7.03. The fourth-order valence-electron chi connectivity index (χ4n) is 2.00. The first kappa shape index (κ1) is 16.7. The Balaban J connectivity index is 2.08. The minimum absolute atomic E-state index is 0.0410. The van der Waals surface area contributed by atoms with Gasteiger partial charge in [0.25, 0.3) is 11.3 Å². The lowest BCUT2D eigenvalue weighted by atomic mass is 10.0. The van der Waals surface area contributed by atoms with Gasteiger partial charge < -0.3 is 4.74 Å². The summed E-state index contributed by atoms with van der Waals surface area (Å²) in [5.41, 5.74) is -0.104. The molecule has 1 atom stereocenters. The molecule has 1 N–H and O–H groups in total. The molecule has 2 aromatic rings. The molecule has 0 saturated heterocycles. The minimum Gasteiger partial charge on any atom is -0.460 e. The smallest absolute Gasteiger partial charge is 0.306 e. The van der Waals surface area contributed by atoms with Crippen molar-refractivity contribution in [3.8, 4) is 0 Å². The van der Waals surface area contributed by atoms with Crippen LogP contribution in [0.4, 0.5) is 0 Å². The van der Waals surface area contributed by atoms with E-state index in [1.807, 2.05) is 27.7 Å². The Hall–Kier alpha value is -1.70. The number of halogens is 1. The number of aromatic nitrogens is 4. The van der Waals surface area contributed by atoms with E-state index in [1.165, 1.54) is 10.6 Å². The lowest BCUT2D eigenvalue weighted by Gasteiger charge is -2.20. The topological polar surface area (TPSA) is 89.4 Å². The number of hydrogen-bond acceptors (Lipinski definition) is 5. The molecule has 0 radical (unpaired) electrons. The van der Waals surface area contributed by atoms with Crippen LogP contribution in [0.1, 0.15) is 52.1 Å². The zero-order valence-corrected chi connectivity index (χ0v) is 14.6. The van der Waals surface area contributed by atoms with E-state index in [0.29, 0.717) is 22.6 Å². The number of esters is 1. The second-order valence-electron chi connectivity index (χ2n) is 6.20. The zero-order chi connectivity index (χ0) is 16.5. The molecule has 0 bridgehead atoms. The van der Waals surface area contributed by atoms with Crippen molar-refractivity contribution in [1.82, 2.24) is 19.6 Å². The SMILES string of the molecule is C[C@H](CCC(=O)OC(C)(C)C)c1cc(=O)n2[nH]c(Br)nc2n1. The Morgan fingerprint density at radius 1 is 1.45 bits per heavy atom. The van der Waals surface area contributed by atoms with Gasteiger partial charge in [0.05, 0.1) is 5.69 Å². The molecular formula is C14H19BrN4O3. The van der Waals surface area contributed by atoms with Crippen molar-refractivity contribution in [2.24, 2.45) is 0 Å². The van der Waals surface area contributed by atoms with Gasteiger partial charge in [-0.1, -0.05) is 6.92 Å². The molecule has 0 aliphatic carbocycles. The van der Waals surface area contributed by atoms with Crippen LogP contribution in [0, 0.1) is 0 Å². The summed E-state index contributed by atoms with van der Waals surface area (Å²) in [6, 6.07) is 1.46. The third-order valence-electron chi connectivity index (χ3n) is 3.03. The van der Waals surface area contributed by atoms with Crippen LogP contribution >= 0.6 is 15.9 Å². The van der Waals surface area contributed by atoms with Crippen LogP contribution in [-0.2, 0) is 9.53 Å². The van der Waals surface area contributed by atoms with Gasteiger partial charge in [0.2, 0.25) is 0 Å². The molecule has 2 rings (SSSR count). The van der Waals surface area contributed by atoms with Crippen molar-refractivity contribution in [2.45, 2.75) is 52.1 Å². The van der Waals surface area contributed by atoms with Crippen molar-refractivity contribution in [2.75, 3.05) is 0 Å². The van der Waals surface area contributed by atoms with Crippen LogP contribution in [0.15, 0.2) is 15.6 Å². The molecule has 120 valence electrons. The summed E-state index contributed by atoms with van der Waals surface area (Å²) in [5.74, 6) is 0.0128. The highest BCUT2D eigenvalue weighted by atomic mass is 79.9. The Bertz CT molecular complexity index is 745. The summed E-state index contributed by atoms with van der Waals surface area (Å²) in [4.78, 5) is 32.2. The predicted octanol–water partition coefficient (Wildman–Crippen LogP) is 2.41. The molecule has 0 unspecified atom stereocenters. The van der Waals surface area contributed by atoms with E-state index in [0.717, 1.165) is 0 Å². The standard InChI is InChI=1S/C14H19BrN4O3/c1-8(5-6-11(21)22-14(2,3)4)9-7-10(20)19-13(16-9)17-12(15)18-19/h7-8H,5-6H2,1-4H3,(H,16,17,18)/t8-/m1/s1. The van der Waals surface area contributed by atoms with Crippen LogP contribution in [0.3, 0.4) is 0 Å². The number of H-pyrrole nitrogens is 1. The average molecular weight is 371 g/mol. The molecule has 0 spiro atoms. The first-order chi connectivity index (χ1) is 10.2. The van der Waals surface area contributed by atoms with Crippen molar-refractivity contribution < 1.29 is 9.53 Å². The summed E-state index contributed by atoms with van der Waals surface area (Å²) in [6.45, 7) is 7.42. The number of aromatic amines is 1. The van der Waals surface area contributed by atoms with Gasteiger partial charge in [0, 0.05) is 12.5 Å². The zero-order valence-electron chi connectivity index (χ0n) is 13.0. The summed E-state index contributed by atoms with van der Waals surface area (Å²) in [6.07, 6.45) is 0.840. The number of hydrogen-bond donors (Lipinski definition) is 1. The quantitative estimate of drug-likeness (QED) is 0.834.